The topological polar surface area (TPSA) is 24.9 Å². The summed E-state index contributed by atoms with van der Waals surface area (Å²) in [6.07, 6.45) is 8.97. The molecule has 0 bridgehead atoms. The molecule has 10 rings (SSSR count). The monoisotopic (exact) mass is 946 g/mol. The molecule has 0 aromatic heterocycles. The number of fused-ring (bicyclic) bond motifs is 4. The molecule has 0 N–H and O–H groups in total. The molecule has 4 unspecified atom stereocenters. The van der Waals surface area contributed by atoms with Gasteiger partial charge in [-0.05, 0) is 170 Å². The Morgan fingerprint density at radius 1 is 0.468 bits per heavy atom. The molecule has 0 spiro atoms. The lowest BCUT2D eigenvalue weighted by molar-refractivity contribution is 0.0695. The van der Waals surface area contributed by atoms with Gasteiger partial charge in [0.15, 0.2) is 0 Å². The summed E-state index contributed by atoms with van der Waals surface area (Å²) in [7, 11) is 3.66. The molecule has 4 nitrogen and oxygen atoms in total. The molecule has 316 valence electrons. The first-order valence-corrected chi connectivity index (χ1v) is 23.5. The molecule has 4 atom stereocenters. The van der Waals surface area contributed by atoms with Gasteiger partial charge in [-0.1, -0.05) is 129 Å². The molecule has 0 saturated carbocycles. The van der Waals surface area contributed by atoms with Crippen LogP contribution in [0.1, 0.15) is 95.5 Å². The van der Waals surface area contributed by atoms with Crippen LogP contribution in [0.15, 0.2) is 129 Å². The predicted octanol–water partition coefficient (Wildman–Crippen LogP) is 16.1. The second-order valence-corrected chi connectivity index (χ2v) is 19.7. The Labute approximate surface area is 385 Å². The summed E-state index contributed by atoms with van der Waals surface area (Å²) in [4.78, 5) is 4.92. The second kappa shape index (κ2) is 17.4. The zero-order valence-corrected chi connectivity index (χ0v) is 40.3. The van der Waals surface area contributed by atoms with Crippen molar-refractivity contribution in [3.8, 4) is 0 Å². The first-order chi connectivity index (χ1) is 29.9. The van der Waals surface area contributed by atoms with Crippen LogP contribution in [-0.2, 0) is 35.2 Å². The minimum Gasteiger partial charge on any atom is -0.376 e. The molecule has 0 saturated heterocycles. The van der Waals surface area contributed by atoms with Gasteiger partial charge in [-0.25, -0.2) is 0 Å². The van der Waals surface area contributed by atoms with Gasteiger partial charge in [-0.15, -0.1) is 0 Å². The standard InChI is InChI=1S/C29H33NO2.C27H23Br2N/c1-18-12-14-21(15-13-18)30(26-10-6-8-22-24(26)16-19(2)28(22)31-4)27-11-7-9-23-25(27)17-20(3)29(23)32-5;1-16-4-6-19(7-5-16)30(26-10-8-24(28)20-12-17(2)14-22(20)26)27-11-9-25(29)21-13-18(3)15-23(21)27/h6-15,19-20,28-29H,16-17H2,1-5H3;4-13H,14-15H2,1-3H3. The molecule has 6 aromatic carbocycles. The Kier molecular flexibility index (Phi) is 12.0. The maximum atomic E-state index is 5.89. The largest absolute Gasteiger partial charge is 0.376 e. The lowest BCUT2D eigenvalue weighted by atomic mass is 10.0. The average Bonchev–Trinajstić information content (AvgIpc) is 4.03. The first kappa shape index (κ1) is 42.6. The van der Waals surface area contributed by atoms with Crippen molar-refractivity contribution in [2.45, 2.75) is 79.4 Å². The number of benzene rings is 6. The highest BCUT2D eigenvalue weighted by Crippen LogP contribution is 2.51. The van der Waals surface area contributed by atoms with E-state index in [1.807, 2.05) is 14.2 Å². The minimum absolute atomic E-state index is 0.157. The van der Waals surface area contributed by atoms with Gasteiger partial charge in [-0.2, -0.15) is 0 Å². The van der Waals surface area contributed by atoms with E-state index in [-0.39, 0.29) is 12.2 Å². The Morgan fingerprint density at radius 2 is 0.839 bits per heavy atom. The van der Waals surface area contributed by atoms with Crippen molar-refractivity contribution in [2.24, 2.45) is 11.8 Å². The summed E-state index contributed by atoms with van der Waals surface area (Å²) >= 11 is 7.54. The van der Waals surface area contributed by atoms with Crippen LogP contribution in [0.5, 0.6) is 0 Å². The fourth-order valence-electron chi connectivity index (χ4n) is 10.5. The molecule has 6 aromatic rings. The summed E-state index contributed by atoms with van der Waals surface area (Å²) in [5, 5.41) is 0. The highest BCUT2D eigenvalue weighted by atomic mass is 79.9. The zero-order chi connectivity index (χ0) is 43.4. The number of methoxy groups -OCH3 is 2. The molecular weight excluding hydrogens is 892 g/mol. The Hall–Kier alpha value is -4.72. The summed E-state index contributed by atoms with van der Waals surface area (Å²) in [5.41, 5.74) is 23.7. The van der Waals surface area contributed by atoms with E-state index < -0.39 is 0 Å². The molecule has 4 aliphatic carbocycles. The van der Waals surface area contributed by atoms with Gasteiger partial charge in [0.2, 0.25) is 0 Å². The van der Waals surface area contributed by atoms with E-state index in [1.165, 1.54) is 110 Å². The van der Waals surface area contributed by atoms with E-state index in [0.29, 0.717) is 11.8 Å². The lowest BCUT2D eigenvalue weighted by Crippen LogP contribution is -2.15. The summed E-state index contributed by atoms with van der Waals surface area (Å²) in [6.45, 7) is 13.3. The van der Waals surface area contributed by atoms with Crippen molar-refractivity contribution in [2.75, 3.05) is 24.0 Å². The molecule has 4 aliphatic rings. The number of rotatable bonds is 8. The van der Waals surface area contributed by atoms with Gasteiger partial charge in [0.25, 0.3) is 0 Å². The van der Waals surface area contributed by atoms with E-state index in [4.69, 9.17) is 9.47 Å². The van der Waals surface area contributed by atoms with Gasteiger partial charge in [0.05, 0.1) is 23.6 Å². The maximum absolute atomic E-state index is 5.89. The number of hydrogen-bond acceptors (Lipinski definition) is 4. The van der Waals surface area contributed by atoms with Crippen molar-refractivity contribution in [1.29, 1.82) is 0 Å². The van der Waals surface area contributed by atoms with Crippen LogP contribution in [0.2, 0.25) is 0 Å². The van der Waals surface area contributed by atoms with E-state index >= 15 is 0 Å². The Balaban J connectivity index is 0.000000158. The van der Waals surface area contributed by atoms with Crippen molar-refractivity contribution < 1.29 is 9.47 Å². The van der Waals surface area contributed by atoms with E-state index in [9.17, 15) is 0 Å². The summed E-state index contributed by atoms with van der Waals surface area (Å²) < 4.78 is 14.1. The van der Waals surface area contributed by atoms with E-state index in [0.717, 1.165) is 25.7 Å². The maximum Gasteiger partial charge on any atom is 0.0853 e. The second-order valence-electron chi connectivity index (χ2n) is 18.0. The van der Waals surface area contributed by atoms with Gasteiger partial charge in [-0.3, -0.25) is 0 Å². The quantitative estimate of drug-likeness (QED) is 0.152. The summed E-state index contributed by atoms with van der Waals surface area (Å²) in [5.74, 6) is 0.936. The first-order valence-electron chi connectivity index (χ1n) is 22.0. The Morgan fingerprint density at radius 3 is 1.21 bits per heavy atom. The fourth-order valence-corrected chi connectivity index (χ4v) is 11.5. The number of aryl methyl sites for hydroxylation is 2. The van der Waals surface area contributed by atoms with Crippen LogP contribution < -0.4 is 9.80 Å². The van der Waals surface area contributed by atoms with Crippen molar-refractivity contribution >= 4 is 78.1 Å². The highest BCUT2D eigenvalue weighted by Gasteiger charge is 2.36. The van der Waals surface area contributed by atoms with Crippen LogP contribution in [0.25, 0.3) is 12.2 Å². The Bertz CT molecular complexity index is 2590. The van der Waals surface area contributed by atoms with Crippen LogP contribution >= 0.6 is 31.9 Å². The highest BCUT2D eigenvalue weighted by molar-refractivity contribution is 9.10. The third kappa shape index (κ3) is 7.72. The molecule has 0 heterocycles. The summed E-state index contributed by atoms with van der Waals surface area (Å²) in [6, 6.07) is 40.1. The zero-order valence-electron chi connectivity index (χ0n) is 37.2. The van der Waals surface area contributed by atoms with Gasteiger partial charge >= 0.3 is 0 Å². The van der Waals surface area contributed by atoms with Crippen LogP contribution in [0.4, 0.5) is 34.1 Å². The van der Waals surface area contributed by atoms with Crippen LogP contribution in [0.3, 0.4) is 0 Å². The van der Waals surface area contributed by atoms with Gasteiger partial charge in [0, 0.05) is 45.9 Å². The molecule has 0 fully saturated rings. The third-order valence-corrected chi connectivity index (χ3v) is 14.8. The number of allylic oxidation sites excluding steroid dienone is 2. The number of halogens is 2. The molecule has 0 amide bonds. The van der Waals surface area contributed by atoms with Gasteiger partial charge in [0.1, 0.15) is 0 Å². The molecule has 0 radical (unpaired) electrons. The van der Waals surface area contributed by atoms with Crippen molar-refractivity contribution in [3.05, 3.63) is 185 Å². The lowest BCUT2D eigenvalue weighted by Gasteiger charge is -2.30. The molecule has 6 heteroatoms. The molecule has 62 heavy (non-hydrogen) atoms. The van der Waals surface area contributed by atoms with Crippen molar-refractivity contribution in [1.82, 2.24) is 0 Å². The number of ether oxygens (including phenoxy) is 2. The fraction of sp³-hybridized carbons (Fsp3) is 0.286. The third-order valence-electron chi connectivity index (χ3n) is 13.4. The van der Waals surface area contributed by atoms with Gasteiger partial charge < -0.3 is 19.3 Å². The van der Waals surface area contributed by atoms with Crippen molar-refractivity contribution in [3.63, 3.8) is 0 Å². The number of nitrogens with zero attached hydrogens (tertiary/aromatic N) is 2. The SMILES string of the molecule is CC1=Cc2c(Br)ccc(N(c3ccc(C)cc3)c3ccc(Br)c4c3CC(C)=C4)c2C1.COC1c2cccc(N(c3ccc(C)cc3)c3cccc4c3CC(C)C4OC)c2CC1C. The minimum atomic E-state index is 0.157. The number of hydrogen-bond donors (Lipinski definition) is 0. The van der Waals surface area contributed by atoms with Crippen LogP contribution in [-0.4, -0.2) is 14.2 Å². The van der Waals surface area contributed by atoms with Crippen LogP contribution in [0, 0.1) is 25.7 Å². The molecular formula is C56H56Br2N2O2. The smallest absolute Gasteiger partial charge is 0.0853 e. The normalized spacial score (nSPS) is 19.2. The molecule has 0 aliphatic heterocycles. The van der Waals surface area contributed by atoms with E-state index in [2.05, 4.69) is 205 Å². The average molecular weight is 949 g/mol. The van der Waals surface area contributed by atoms with E-state index in [1.54, 1.807) is 0 Å². The number of anilines is 6. The predicted molar refractivity (Wildman–Crippen MR) is 267 cm³/mol.